The van der Waals surface area contributed by atoms with Crippen LogP contribution in [0.5, 0.6) is 0 Å². The summed E-state index contributed by atoms with van der Waals surface area (Å²) in [5.41, 5.74) is 2.07. The van der Waals surface area contributed by atoms with Crippen LogP contribution in [0.15, 0.2) is 29.4 Å². The van der Waals surface area contributed by atoms with Gasteiger partial charge in [-0.05, 0) is 11.1 Å². The van der Waals surface area contributed by atoms with E-state index < -0.39 is 6.04 Å². The molecule has 2 rings (SSSR count). The molecule has 0 aliphatic carbocycles. The summed E-state index contributed by atoms with van der Waals surface area (Å²) in [5, 5.41) is 18.6. The van der Waals surface area contributed by atoms with Crippen LogP contribution >= 0.6 is 11.8 Å². The molecule has 1 fully saturated rings. The molecule has 148 valence electrons. The van der Waals surface area contributed by atoms with Crippen molar-refractivity contribution >= 4 is 29.8 Å². The van der Waals surface area contributed by atoms with Crippen LogP contribution in [0, 0.1) is 0 Å². The predicted molar refractivity (Wildman–Crippen MR) is 107 cm³/mol. The van der Waals surface area contributed by atoms with Gasteiger partial charge in [-0.3, -0.25) is 14.9 Å². The fourth-order valence-electron chi connectivity index (χ4n) is 2.64. The maximum atomic E-state index is 12.2. The van der Waals surface area contributed by atoms with Crippen LogP contribution in [0.25, 0.3) is 0 Å². The summed E-state index contributed by atoms with van der Waals surface area (Å²) in [5.74, 6) is 6.48. The number of hydrogen-bond donors (Lipinski definition) is 4. The van der Waals surface area contributed by atoms with Crippen molar-refractivity contribution in [2.75, 3.05) is 37.7 Å². The van der Waals surface area contributed by atoms with Gasteiger partial charge in [-0.15, -0.1) is 0 Å². The molecule has 0 radical (unpaired) electrons. The summed E-state index contributed by atoms with van der Waals surface area (Å²) in [7, 11) is 0. The van der Waals surface area contributed by atoms with Crippen molar-refractivity contribution in [1.29, 1.82) is 0 Å². The number of carbonyl (C=O) groups is 2. The highest BCUT2D eigenvalue weighted by Crippen LogP contribution is 2.09. The smallest absolute Gasteiger partial charge is 0.242 e. The van der Waals surface area contributed by atoms with Crippen LogP contribution in [0.1, 0.15) is 11.1 Å². The molecule has 1 aliphatic rings. The SMILES string of the molecule is NN=CCc1ccc(CNC(CO)C(=O)NCC(=O)N2CCSCC2)cc1. The third-order valence-electron chi connectivity index (χ3n) is 4.28. The average molecular weight is 394 g/mol. The van der Waals surface area contributed by atoms with Crippen LogP contribution in [-0.4, -0.2) is 71.8 Å². The number of benzene rings is 1. The minimum Gasteiger partial charge on any atom is -0.394 e. The molecule has 1 aliphatic heterocycles. The van der Waals surface area contributed by atoms with Crippen molar-refractivity contribution in [1.82, 2.24) is 15.5 Å². The highest BCUT2D eigenvalue weighted by molar-refractivity contribution is 7.99. The number of thioether (sulfide) groups is 1. The molecule has 9 heteroatoms. The van der Waals surface area contributed by atoms with Gasteiger partial charge in [0.15, 0.2) is 0 Å². The van der Waals surface area contributed by atoms with E-state index >= 15 is 0 Å². The molecule has 1 aromatic carbocycles. The van der Waals surface area contributed by atoms with Crippen LogP contribution in [0.3, 0.4) is 0 Å². The number of rotatable bonds is 9. The molecule has 1 atom stereocenters. The van der Waals surface area contributed by atoms with E-state index in [9.17, 15) is 14.7 Å². The lowest BCUT2D eigenvalue weighted by Gasteiger charge is -2.26. The number of aliphatic hydroxyl groups excluding tert-OH is 1. The van der Waals surface area contributed by atoms with Crippen molar-refractivity contribution in [3.8, 4) is 0 Å². The number of nitrogens with zero attached hydrogens (tertiary/aromatic N) is 2. The van der Waals surface area contributed by atoms with Crippen LogP contribution in [0.2, 0.25) is 0 Å². The lowest BCUT2D eigenvalue weighted by atomic mass is 10.1. The van der Waals surface area contributed by atoms with E-state index in [1.54, 1.807) is 11.1 Å². The molecule has 2 amide bonds. The predicted octanol–water partition coefficient (Wildman–Crippen LogP) is -0.684. The summed E-state index contributed by atoms with van der Waals surface area (Å²) < 4.78 is 0. The van der Waals surface area contributed by atoms with E-state index in [1.165, 1.54) is 0 Å². The molecule has 8 nitrogen and oxygen atoms in total. The van der Waals surface area contributed by atoms with E-state index in [2.05, 4.69) is 15.7 Å². The summed E-state index contributed by atoms with van der Waals surface area (Å²) in [6.07, 6.45) is 2.29. The third-order valence-corrected chi connectivity index (χ3v) is 5.23. The summed E-state index contributed by atoms with van der Waals surface area (Å²) in [6.45, 7) is 1.48. The van der Waals surface area contributed by atoms with Gasteiger partial charge in [0.1, 0.15) is 6.04 Å². The second-order valence-electron chi connectivity index (χ2n) is 6.18. The Morgan fingerprint density at radius 3 is 2.56 bits per heavy atom. The highest BCUT2D eigenvalue weighted by atomic mass is 32.2. The number of carbonyl (C=O) groups excluding carboxylic acids is 2. The number of aliphatic hydroxyl groups is 1. The molecular weight excluding hydrogens is 366 g/mol. The van der Waals surface area contributed by atoms with Crippen molar-refractivity contribution in [2.45, 2.75) is 19.0 Å². The van der Waals surface area contributed by atoms with Gasteiger partial charge < -0.3 is 21.2 Å². The molecule has 1 aromatic rings. The Morgan fingerprint density at radius 2 is 1.93 bits per heavy atom. The van der Waals surface area contributed by atoms with Crippen LogP contribution in [-0.2, 0) is 22.6 Å². The zero-order chi connectivity index (χ0) is 19.5. The zero-order valence-corrected chi connectivity index (χ0v) is 16.1. The molecular formula is C18H27N5O3S. The van der Waals surface area contributed by atoms with Crippen molar-refractivity contribution < 1.29 is 14.7 Å². The first kappa shape index (κ1) is 21.2. The maximum Gasteiger partial charge on any atom is 0.242 e. The van der Waals surface area contributed by atoms with Gasteiger partial charge in [0.25, 0.3) is 0 Å². The first-order valence-corrected chi connectivity index (χ1v) is 10.1. The average Bonchev–Trinajstić information content (AvgIpc) is 2.72. The summed E-state index contributed by atoms with van der Waals surface area (Å²) >= 11 is 1.82. The van der Waals surface area contributed by atoms with E-state index in [1.807, 2.05) is 36.0 Å². The summed E-state index contributed by atoms with van der Waals surface area (Å²) in [6, 6.07) is 7.04. The summed E-state index contributed by atoms with van der Waals surface area (Å²) in [4.78, 5) is 26.1. The van der Waals surface area contributed by atoms with E-state index in [0.717, 1.165) is 22.6 Å². The van der Waals surface area contributed by atoms with E-state index in [0.29, 0.717) is 26.1 Å². The first-order valence-electron chi connectivity index (χ1n) is 8.91. The lowest BCUT2D eigenvalue weighted by Crippen LogP contribution is -2.50. The standard InChI is InChI=1S/C18H27N5O3S/c19-22-6-5-14-1-3-15(4-2-14)11-20-16(13-24)18(26)21-12-17(25)23-7-9-27-10-8-23/h1-4,6,16,20,24H,5,7-13,19H2,(H,21,26). The van der Waals surface area contributed by atoms with Gasteiger partial charge in [0, 0.05) is 43.8 Å². The molecule has 0 bridgehead atoms. The Kier molecular flexibility index (Phi) is 9.09. The van der Waals surface area contributed by atoms with Gasteiger partial charge >= 0.3 is 0 Å². The van der Waals surface area contributed by atoms with Crippen LogP contribution in [0.4, 0.5) is 0 Å². The number of nitrogens with two attached hydrogens (primary N) is 1. The molecule has 0 spiro atoms. The normalized spacial score (nSPS) is 15.7. The molecule has 1 unspecified atom stereocenters. The number of amides is 2. The Hall–Kier alpha value is -2.10. The largest absolute Gasteiger partial charge is 0.394 e. The van der Waals surface area contributed by atoms with Crippen LogP contribution < -0.4 is 16.5 Å². The Bertz CT molecular complexity index is 632. The van der Waals surface area contributed by atoms with Crippen molar-refractivity contribution in [2.24, 2.45) is 10.9 Å². The number of hydrogen-bond acceptors (Lipinski definition) is 7. The lowest BCUT2D eigenvalue weighted by molar-refractivity contribution is -0.133. The Labute approximate surface area is 163 Å². The molecule has 0 aromatic heterocycles. The minimum absolute atomic E-state index is 0.0426. The van der Waals surface area contributed by atoms with E-state index in [4.69, 9.17) is 5.84 Å². The topological polar surface area (TPSA) is 120 Å². The second-order valence-corrected chi connectivity index (χ2v) is 7.40. The molecule has 27 heavy (non-hydrogen) atoms. The Balaban J connectivity index is 1.76. The van der Waals surface area contributed by atoms with Gasteiger partial charge in [-0.25, -0.2) is 0 Å². The van der Waals surface area contributed by atoms with Gasteiger partial charge in [-0.2, -0.15) is 16.9 Å². The molecule has 0 saturated carbocycles. The fraction of sp³-hybridized carbons (Fsp3) is 0.500. The maximum absolute atomic E-state index is 12.2. The molecule has 1 saturated heterocycles. The van der Waals surface area contributed by atoms with Crippen molar-refractivity contribution in [3.63, 3.8) is 0 Å². The van der Waals surface area contributed by atoms with Gasteiger partial charge in [0.2, 0.25) is 11.8 Å². The first-order chi connectivity index (χ1) is 13.1. The quantitative estimate of drug-likeness (QED) is 0.251. The number of nitrogens with one attached hydrogen (secondary N) is 2. The van der Waals surface area contributed by atoms with Gasteiger partial charge in [0.05, 0.1) is 13.2 Å². The monoisotopic (exact) mass is 393 g/mol. The third kappa shape index (κ3) is 7.20. The van der Waals surface area contributed by atoms with Gasteiger partial charge in [-0.1, -0.05) is 24.3 Å². The molecule has 5 N–H and O–H groups in total. The highest BCUT2D eigenvalue weighted by Gasteiger charge is 2.20. The number of hydrazone groups is 1. The van der Waals surface area contributed by atoms with Crippen molar-refractivity contribution in [3.05, 3.63) is 35.4 Å². The second kappa shape index (κ2) is 11.6. The molecule has 1 heterocycles. The fourth-order valence-corrected chi connectivity index (χ4v) is 3.55. The van der Waals surface area contributed by atoms with E-state index in [-0.39, 0.29) is 25.0 Å². The minimum atomic E-state index is -0.765. The zero-order valence-electron chi connectivity index (χ0n) is 15.3. The Morgan fingerprint density at radius 1 is 1.26 bits per heavy atom.